The molecule has 0 fully saturated rings. The Morgan fingerprint density at radius 2 is 1.79 bits per heavy atom. The van der Waals surface area contributed by atoms with Gasteiger partial charge in [-0.05, 0) is 42.3 Å². The summed E-state index contributed by atoms with van der Waals surface area (Å²) in [5.74, 6) is 0.272. The van der Waals surface area contributed by atoms with Gasteiger partial charge in [0.05, 0.1) is 39.5 Å². The summed E-state index contributed by atoms with van der Waals surface area (Å²) < 4.78 is 11.6. The molecule has 1 heterocycles. The summed E-state index contributed by atoms with van der Waals surface area (Å²) in [4.78, 5) is 28.6. The molecule has 1 aromatic heterocycles. The van der Waals surface area contributed by atoms with E-state index in [4.69, 9.17) is 26.1 Å². The highest BCUT2D eigenvalue weighted by atomic mass is 35.5. The summed E-state index contributed by atoms with van der Waals surface area (Å²) in [6.07, 6.45) is 1.46. The predicted molar refractivity (Wildman–Crippen MR) is 162 cm³/mol. The van der Waals surface area contributed by atoms with E-state index in [0.29, 0.717) is 51.4 Å². The largest absolute Gasteiger partial charge is 0.490 e. The van der Waals surface area contributed by atoms with E-state index in [1.165, 1.54) is 18.3 Å². The number of halogens is 1. The van der Waals surface area contributed by atoms with Gasteiger partial charge in [-0.1, -0.05) is 72.3 Å². The lowest BCUT2D eigenvalue weighted by atomic mass is 10.0. The second kappa shape index (κ2) is 12.9. The molecule has 5 aromatic rings. The Hall–Kier alpha value is -5.28. The van der Waals surface area contributed by atoms with Crippen LogP contribution in [0, 0.1) is 10.1 Å². The van der Waals surface area contributed by atoms with Gasteiger partial charge in [-0.25, -0.2) is 10.4 Å². The standard InChI is InChI=1S/C32H25ClN4O5/c1-2-41-30-17-22(16-27(33)31(30)42-20-21-9-8-12-24(15-21)37(39)40)19-34-36-32(38)26-18-29(23-10-4-3-5-11-23)35-28-14-7-6-13-25(26)28/h3-19H,2,20H2,1H3,(H,36,38)/b34-19+. The van der Waals surface area contributed by atoms with Crippen molar-refractivity contribution < 1.29 is 19.2 Å². The van der Waals surface area contributed by atoms with Gasteiger partial charge in [-0.15, -0.1) is 0 Å². The number of fused-ring (bicyclic) bond motifs is 1. The number of hydrazone groups is 1. The van der Waals surface area contributed by atoms with E-state index in [1.54, 1.807) is 30.3 Å². The fourth-order valence-electron chi connectivity index (χ4n) is 4.33. The van der Waals surface area contributed by atoms with Gasteiger partial charge < -0.3 is 9.47 Å². The molecule has 0 bridgehead atoms. The molecule has 42 heavy (non-hydrogen) atoms. The van der Waals surface area contributed by atoms with Crippen LogP contribution in [0.3, 0.4) is 0 Å². The van der Waals surface area contributed by atoms with E-state index in [-0.39, 0.29) is 17.3 Å². The normalized spacial score (nSPS) is 11.0. The minimum Gasteiger partial charge on any atom is -0.490 e. The Labute approximate surface area is 246 Å². The summed E-state index contributed by atoms with van der Waals surface area (Å²) in [5, 5.41) is 16.2. The van der Waals surface area contributed by atoms with Crippen LogP contribution in [0.4, 0.5) is 5.69 Å². The van der Waals surface area contributed by atoms with Crippen LogP contribution >= 0.6 is 11.6 Å². The van der Waals surface area contributed by atoms with E-state index in [2.05, 4.69) is 10.5 Å². The number of nitro groups is 1. The number of carbonyl (C=O) groups excluding carboxylic acids is 1. The van der Waals surface area contributed by atoms with Crippen molar-refractivity contribution in [3.05, 3.63) is 129 Å². The molecule has 1 amide bonds. The molecule has 9 nitrogen and oxygen atoms in total. The molecule has 10 heteroatoms. The van der Waals surface area contributed by atoms with Gasteiger partial charge in [0, 0.05) is 23.1 Å². The highest BCUT2D eigenvalue weighted by molar-refractivity contribution is 6.32. The van der Waals surface area contributed by atoms with Crippen molar-refractivity contribution in [1.29, 1.82) is 0 Å². The maximum atomic E-state index is 13.2. The van der Waals surface area contributed by atoms with Gasteiger partial charge in [0.2, 0.25) is 0 Å². The average Bonchev–Trinajstić information content (AvgIpc) is 3.00. The molecule has 0 radical (unpaired) electrons. The fraction of sp³-hybridized carbons (Fsp3) is 0.0938. The summed E-state index contributed by atoms with van der Waals surface area (Å²) in [5.41, 5.74) is 6.45. The Kier molecular flexibility index (Phi) is 8.70. The van der Waals surface area contributed by atoms with Crippen molar-refractivity contribution in [2.75, 3.05) is 6.61 Å². The number of non-ortho nitro benzene ring substituents is 1. The van der Waals surface area contributed by atoms with Crippen molar-refractivity contribution in [3.63, 3.8) is 0 Å². The zero-order valence-corrected chi connectivity index (χ0v) is 23.2. The van der Waals surface area contributed by atoms with Gasteiger partial charge in [0.1, 0.15) is 6.61 Å². The topological polar surface area (TPSA) is 116 Å². The lowest BCUT2D eigenvalue weighted by Gasteiger charge is -2.14. The van der Waals surface area contributed by atoms with Crippen molar-refractivity contribution >= 4 is 40.3 Å². The molecule has 4 aromatic carbocycles. The molecule has 0 spiro atoms. The molecule has 210 valence electrons. The number of para-hydroxylation sites is 1. The molecule has 0 atom stereocenters. The highest BCUT2D eigenvalue weighted by Crippen LogP contribution is 2.37. The van der Waals surface area contributed by atoms with E-state index >= 15 is 0 Å². The monoisotopic (exact) mass is 580 g/mol. The molecular formula is C32H25ClN4O5. The zero-order chi connectivity index (χ0) is 29.5. The second-order valence-corrected chi connectivity index (χ2v) is 9.52. The third-order valence-corrected chi connectivity index (χ3v) is 6.53. The third kappa shape index (κ3) is 6.54. The molecule has 0 saturated carbocycles. The molecule has 0 saturated heterocycles. The van der Waals surface area contributed by atoms with Gasteiger partial charge in [0.15, 0.2) is 11.5 Å². The first-order chi connectivity index (χ1) is 20.4. The molecule has 0 aliphatic rings. The van der Waals surface area contributed by atoms with E-state index in [9.17, 15) is 14.9 Å². The van der Waals surface area contributed by atoms with Crippen LogP contribution in [0.5, 0.6) is 11.5 Å². The number of amides is 1. The molecule has 1 N–H and O–H groups in total. The zero-order valence-electron chi connectivity index (χ0n) is 22.5. The summed E-state index contributed by atoms with van der Waals surface area (Å²) >= 11 is 6.53. The number of aromatic nitrogens is 1. The van der Waals surface area contributed by atoms with Crippen molar-refractivity contribution in [2.24, 2.45) is 5.10 Å². The number of nitrogens with one attached hydrogen (secondary N) is 1. The number of benzene rings is 4. The van der Waals surface area contributed by atoms with Crippen LogP contribution in [0.1, 0.15) is 28.4 Å². The Balaban J connectivity index is 1.35. The average molecular weight is 581 g/mol. The van der Waals surface area contributed by atoms with E-state index in [0.717, 1.165) is 5.56 Å². The third-order valence-electron chi connectivity index (χ3n) is 6.25. The second-order valence-electron chi connectivity index (χ2n) is 9.12. The number of nitro benzene ring substituents is 1. The quantitative estimate of drug-likeness (QED) is 0.106. The van der Waals surface area contributed by atoms with Crippen LogP contribution in [0.2, 0.25) is 5.02 Å². The van der Waals surface area contributed by atoms with Crippen molar-refractivity contribution in [1.82, 2.24) is 10.4 Å². The van der Waals surface area contributed by atoms with Crippen molar-refractivity contribution in [3.8, 4) is 22.8 Å². The Morgan fingerprint density at radius 1 is 1.00 bits per heavy atom. The van der Waals surface area contributed by atoms with Crippen LogP contribution in [0.25, 0.3) is 22.2 Å². The number of pyridine rings is 1. The minimum absolute atomic E-state index is 0.0307. The molecule has 0 unspecified atom stereocenters. The Bertz CT molecular complexity index is 1790. The molecule has 0 aliphatic carbocycles. The smallest absolute Gasteiger partial charge is 0.272 e. The van der Waals surface area contributed by atoms with Gasteiger partial charge in [0.25, 0.3) is 11.6 Å². The van der Waals surface area contributed by atoms with E-state index < -0.39 is 10.8 Å². The lowest BCUT2D eigenvalue weighted by molar-refractivity contribution is -0.384. The fourth-order valence-corrected chi connectivity index (χ4v) is 4.60. The molecular weight excluding hydrogens is 556 g/mol. The van der Waals surface area contributed by atoms with Crippen molar-refractivity contribution in [2.45, 2.75) is 13.5 Å². The number of rotatable bonds is 10. The number of hydrogen-bond acceptors (Lipinski definition) is 7. The maximum absolute atomic E-state index is 13.2. The Morgan fingerprint density at radius 3 is 2.57 bits per heavy atom. The minimum atomic E-state index is -0.464. The molecule has 5 rings (SSSR count). The van der Waals surface area contributed by atoms with E-state index in [1.807, 2.05) is 61.5 Å². The first kappa shape index (κ1) is 28.3. The van der Waals surface area contributed by atoms with Gasteiger partial charge in [-0.2, -0.15) is 5.10 Å². The molecule has 0 aliphatic heterocycles. The SMILES string of the molecule is CCOc1cc(/C=N/NC(=O)c2cc(-c3ccccc3)nc3ccccc23)cc(Cl)c1OCc1cccc([N+](=O)[O-])c1. The van der Waals surface area contributed by atoms with Gasteiger partial charge in [-0.3, -0.25) is 14.9 Å². The number of ether oxygens (including phenoxy) is 2. The summed E-state index contributed by atoms with van der Waals surface area (Å²) in [6, 6.07) is 28.3. The number of carbonyl (C=O) groups is 1. The summed E-state index contributed by atoms with van der Waals surface area (Å²) in [6.45, 7) is 2.22. The number of nitrogens with zero attached hydrogens (tertiary/aromatic N) is 3. The van der Waals surface area contributed by atoms with Gasteiger partial charge >= 0.3 is 0 Å². The first-order valence-electron chi connectivity index (χ1n) is 13.0. The maximum Gasteiger partial charge on any atom is 0.272 e. The van der Waals surface area contributed by atoms with Crippen LogP contribution in [0.15, 0.2) is 102 Å². The van der Waals surface area contributed by atoms with Crippen LogP contribution in [-0.4, -0.2) is 28.6 Å². The number of hydrogen-bond donors (Lipinski definition) is 1. The predicted octanol–water partition coefficient (Wildman–Crippen LogP) is 7.21. The van der Waals surface area contributed by atoms with Crippen LogP contribution < -0.4 is 14.9 Å². The van der Waals surface area contributed by atoms with Crippen LogP contribution in [-0.2, 0) is 6.61 Å². The lowest BCUT2D eigenvalue weighted by Crippen LogP contribution is -2.18. The summed E-state index contributed by atoms with van der Waals surface area (Å²) in [7, 11) is 0. The first-order valence-corrected chi connectivity index (χ1v) is 13.4. The highest BCUT2D eigenvalue weighted by Gasteiger charge is 2.15.